The molecule has 0 spiro atoms. The molecule has 0 amide bonds. The Morgan fingerprint density at radius 2 is 1.35 bits per heavy atom. The maximum Gasteiger partial charge on any atom is -0.00464 e. The lowest BCUT2D eigenvalue weighted by Crippen LogP contribution is -2.18. The summed E-state index contributed by atoms with van der Waals surface area (Å²) in [6.07, 6.45) is 20.6. The van der Waals surface area contributed by atoms with Crippen LogP contribution in [-0.2, 0) is 0 Å². The van der Waals surface area contributed by atoms with Crippen LogP contribution in [-0.4, -0.2) is 13.1 Å². The van der Waals surface area contributed by atoms with Crippen LogP contribution in [0.2, 0.25) is 0 Å². The van der Waals surface area contributed by atoms with Crippen LogP contribution in [0.15, 0.2) is 11.6 Å². The monoisotopic (exact) mass is 323 g/mol. The van der Waals surface area contributed by atoms with E-state index in [4.69, 9.17) is 0 Å². The van der Waals surface area contributed by atoms with Crippen LogP contribution in [0.5, 0.6) is 0 Å². The summed E-state index contributed by atoms with van der Waals surface area (Å²) in [5, 5.41) is 3.63. The Hall–Kier alpha value is -0.300. The average Bonchev–Trinajstić information content (AvgIpc) is 2.51. The Balaban J connectivity index is 3.14. The van der Waals surface area contributed by atoms with E-state index >= 15 is 0 Å². The zero-order chi connectivity index (χ0) is 17.2. The van der Waals surface area contributed by atoms with Gasteiger partial charge < -0.3 is 5.32 Å². The van der Waals surface area contributed by atoms with Gasteiger partial charge in [-0.05, 0) is 58.5 Å². The van der Waals surface area contributed by atoms with Crippen LogP contribution in [0.4, 0.5) is 0 Å². The highest BCUT2D eigenvalue weighted by Crippen LogP contribution is 2.12. The summed E-state index contributed by atoms with van der Waals surface area (Å²) < 4.78 is 0. The van der Waals surface area contributed by atoms with E-state index < -0.39 is 0 Å². The number of hydrogen-bond acceptors (Lipinski definition) is 1. The first-order chi connectivity index (χ1) is 11.2. The van der Waals surface area contributed by atoms with Gasteiger partial charge in [-0.2, -0.15) is 0 Å². The van der Waals surface area contributed by atoms with Crippen molar-refractivity contribution in [2.24, 2.45) is 5.92 Å². The second-order valence-electron chi connectivity index (χ2n) is 7.68. The second kappa shape index (κ2) is 18.0. The molecule has 0 saturated carbocycles. The number of unbranched alkanes of at least 4 members (excludes halogenated alkanes) is 9. The van der Waals surface area contributed by atoms with Crippen molar-refractivity contribution in [2.75, 3.05) is 13.1 Å². The van der Waals surface area contributed by atoms with Gasteiger partial charge in [0.25, 0.3) is 0 Å². The number of hydrogen-bond donors (Lipinski definition) is 1. The zero-order valence-electron chi connectivity index (χ0n) is 16.8. The Morgan fingerprint density at radius 3 is 1.91 bits per heavy atom. The third kappa shape index (κ3) is 19.7. The van der Waals surface area contributed by atoms with E-state index in [2.05, 4.69) is 39.1 Å². The first kappa shape index (κ1) is 22.7. The molecule has 0 saturated heterocycles. The maximum atomic E-state index is 3.63. The SMILES string of the molecule is CCCCCCCCCCCCNCCC(C)CCC=C(C)C. The summed E-state index contributed by atoms with van der Waals surface area (Å²) in [4.78, 5) is 0. The van der Waals surface area contributed by atoms with Gasteiger partial charge in [0.1, 0.15) is 0 Å². The molecule has 1 N–H and O–H groups in total. The molecule has 0 aromatic carbocycles. The molecular formula is C22H45N. The highest BCUT2D eigenvalue weighted by atomic mass is 14.8. The van der Waals surface area contributed by atoms with E-state index in [1.807, 2.05) is 0 Å². The second-order valence-corrected chi connectivity index (χ2v) is 7.68. The van der Waals surface area contributed by atoms with Crippen molar-refractivity contribution in [1.82, 2.24) is 5.32 Å². The van der Waals surface area contributed by atoms with Crippen LogP contribution in [0.25, 0.3) is 0 Å². The van der Waals surface area contributed by atoms with E-state index in [-0.39, 0.29) is 0 Å². The molecule has 0 aliphatic heterocycles. The van der Waals surface area contributed by atoms with Crippen LogP contribution >= 0.6 is 0 Å². The molecule has 1 unspecified atom stereocenters. The van der Waals surface area contributed by atoms with Gasteiger partial charge in [0, 0.05) is 0 Å². The molecule has 0 rings (SSSR count). The fourth-order valence-corrected chi connectivity index (χ4v) is 3.01. The molecule has 1 nitrogen and oxygen atoms in total. The van der Waals surface area contributed by atoms with Crippen molar-refractivity contribution in [3.63, 3.8) is 0 Å². The number of nitrogens with one attached hydrogen (secondary N) is 1. The van der Waals surface area contributed by atoms with Gasteiger partial charge >= 0.3 is 0 Å². The molecule has 0 radical (unpaired) electrons. The minimum atomic E-state index is 0.853. The van der Waals surface area contributed by atoms with Crippen LogP contribution in [0, 0.1) is 5.92 Å². The fraction of sp³-hybridized carbons (Fsp3) is 0.909. The van der Waals surface area contributed by atoms with Gasteiger partial charge in [0.05, 0.1) is 0 Å². The van der Waals surface area contributed by atoms with E-state index in [1.165, 1.54) is 102 Å². The smallest absolute Gasteiger partial charge is 0.00464 e. The van der Waals surface area contributed by atoms with Gasteiger partial charge in [-0.1, -0.05) is 83.3 Å². The summed E-state index contributed by atoms with van der Waals surface area (Å²) >= 11 is 0. The minimum absolute atomic E-state index is 0.853. The molecule has 0 aromatic heterocycles. The van der Waals surface area contributed by atoms with Gasteiger partial charge in [0.15, 0.2) is 0 Å². The molecule has 0 fully saturated rings. The van der Waals surface area contributed by atoms with Gasteiger partial charge in [-0.15, -0.1) is 0 Å². The summed E-state index contributed by atoms with van der Waals surface area (Å²) in [6, 6.07) is 0. The third-order valence-electron chi connectivity index (χ3n) is 4.73. The molecular weight excluding hydrogens is 278 g/mol. The van der Waals surface area contributed by atoms with Crippen LogP contribution in [0.1, 0.15) is 111 Å². The highest BCUT2D eigenvalue weighted by Gasteiger charge is 2.00. The molecule has 138 valence electrons. The molecule has 0 aliphatic rings. The average molecular weight is 324 g/mol. The largest absolute Gasteiger partial charge is 0.317 e. The Kier molecular flexibility index (Phi) is 17.8. The van der Waals surface area contributed by atoms with Crippen molar-refractivity contribution in [1.29, 1.82) is 0 Å². The van der Waals surface area contributed by atoms with Gasteiger partial charge in [-0.25, -0.2) is 0 Å². The molecule has 1 atom stereocenters. The van der Waals surface area contributed by atoms with Crippen molar-refractivity contribution in [2.45, 2.75) is 111 Å². The quantitative estimate of drug-likeness (QED) is 0.219. The maximum absolute atomic E-state index is 3.63. The topological polar surface area (TPSA) is 12.0 Å². The molecule has 0 aliphatic carbocycles. The first-order valence-corrected chi connectivity index (χ1v) is 10.5. The lowest BCUT2D eigenvalue weighted by atomic mass is 10.0. The van der Waals surface area contributed by atoms with Crippen molar-refractivity contribution in [3.05, 3.63) is 11.6 Å². The standard InChI is InChI=1S/C22H45N/c1-5-6-7-8-9-10-11-12-13-14-19-23-20-18-22(4)17-15-16-21(2)3/h16,22-23H,5-15,17-20H2,1-4H3. The van der Waals surface area contributed by atoms with Crippen molar-refractivity contribution < 1.29 is 0 Å². The van der Waals surface area contributed by atoms with E-state index in [0.717, 1.165) is 5.92 Å². The predicted octanol–water partition coefficient (Wildman–Crippen LogP) is 7.27. The first-order valence-electron chi connectivity index (χ1n) is 10.5. The van der Waals surface area contributed by atoms with Gasteiger partial charge in [0.2, 0.25) is 0 Å². The Labute approximate surface area is 147 Å². The molecule has 23 heavy (non-hydrogen) atoms. The van der Waals surface area contributed by atoms with Crippen LogP contribution in [0.3, 0.4) is 0 Å². The predicted molar refractivity (Wildman–Crippen MR) is 107 cm³/mol. The van der Waals surface area contributed by atoms with Crippen molar-refractivity contribution in [3.8, 4) is 0 Å². The summed E-state index contributed by atoms with van der Waals surface area (Å²) in [5.41, 5.74) is 1.45. The fourth-order valence-electron chi connectivity index (χ4n) is 3.01. The Bertz CT molecular complexity index is 253. The van der Waals surface area contributed by atoms with Crippen molar-refractivity contribution >= 4 is 0 Å². The lowest BCUT2D eigenvalue weighted by Gasteiger charge is -2.11. The number of rotatable bonds is 17. The summed E-state index contributed by atoms with van der Waals surface area (Å²) in [7, 11) is 0. The normalized spacial score (nSPS) is 12.3. The molecule has 1 heteroatoms. The Morgan fingerprint density at radius 1 is 0.783 bits per heavy atom. The van der Waals surface area contributed by atoms with E-state index in [9.17, 15) is 0 Å². The zero-order valence-corrected chi connectivity index (χ0v) is 16.8. The van der Waals surface area contributed by atoms with Gasteiger partial charge in [-0.3, -0.25) is 0 Å². The minimum Gasteiger partial charge on any atom is -0.317 e. The van der Waals surface area contributed by atoms with E-state index in [0.29, 0.717) is 0 Å². The lowest BCUT2D eigenvalue weighted by molar-refractivity contribution is 0.466. The van der Waals surface area contributed by atoms with E-state index in [1.54, 1.807) is 0 Å². The van der Waals surface area contributed by atoms with Crippen LogP contribution < -0.4 is 5.32 Å². The number of allylic oxidation sites excluding steroid dienone is 2. The molecule has 0 bridgehead atoms. The third-order valence-corrected chi connectivity index (χ3v) is 4.73. The summed E-state index contributed by atoms with van der Waals surface area (Å²) in [5.74, 6) is 0.853. The summed E-state index contributed by atoms with van der Waals surface area (Å²) in [6.45, 7) is 11.5. The molecule has 0 aromatic rings. The molecule has 0 heterocycles. The highest BCUT2D eigenvalue weighted by molar-refractivity contribution is 4.92.